The predicted molar refractivity (Wildman–Crippen MR) is 131 cm³/mol. The first kappa shape index (κ1) is 24.0. The maximum absolute atomic E-state index is 13.6. The number of nitrogens with zero attached hydrogens (tertiary/aromatic N) is 5. The van der Waals surface area contributed by atoms with Crippen LogP contribution < -0.4 is 9.64 Å². The van der Waals surface area contributed by atoms with E-state index in [-0.39, 0.29) is 17.2 Å². The van der Waals surface area contributed by atoms with Crippen molar-refractivity contribution in [2.45, 2.75) is 44.9 Å². The van der Waals surface area contributed by atoms with Gasteiger partial charge in [-0.2, -0.15) is 0 Å². The van der Waals surface area contributed by atoms with Crippen LogP contribution in [0.3, 0.4) is 0 Å². The Morgan fingerprint density at radius 1 is 1.18 bits per heavy atom. The number of benzene rings is 1. The largest absolute Gasteiger partial charge is 0.491 e. The molecular weight excluding hydrogens is 430 g/mol. The molecule has 0 N–H and O–H groups in total. The van der Waals surface area contributed by atoms with Crippen molar-refractivity contribution in [2.75, 3.05) is 51.8 Å². The molecule has 8 heteroatoms. The Kier molecular flexibility index (Phi) is 7.05. The summed E-state index contributed by atoms with van der Waals surface area (Å²) in [5.41, 5.74) is 1.28. The van der Waals surface area contributed by atoms with E-state index in [0.717, 1.165) is 43.1 Å². The van der Waals surface area contributed by atoms with Crippen molar-refractivity contribution in [3.8, 4) is 5.75 Å². The molecule has 1 atom stereocenters. The van der Waals surface area contributed by atoms with Crippen molar-refractivity contribution in [2.24, 2.45) is 0 Å². The van der Waals surface area contributed by atoms with Gasteiger partial charge in [-0.25, -0.2) is 9.97 Å². The Morgan fingerprint density at radius 3 is 2.71 bits per heavy atom. The zero-order valence-corrected chi connectivity index (χ0v) is 20.7. The van der Waals surface area contributed by atoms with Gasteiger partial charge in [0.1, 0.15) is 24.0 Å². The minimum absolute atomic E-state index is 0.0302. The number of carbonyl (C=O) groups is 2. The van der Waals surface area contributed by atoms with Gasteiger partial charge in [-0.3, -0.25) is 9.59 Å². The molecule has 0 aliphatic carbocycles. The number of amides is 2. The third kappa shape index (κ3) is 5.16. The summed E-state index contributed by atoms with van der Waals surface area (Å²) in [5, 5.41) is 0. The number of anilines is 1. The molecule has 2 aliphatic heterocycles. The van der Waals surface area contributed by atoms with Crippen LogP contribution in [0.2, 0.25) is 0 Å². The minimum Gasteiger partial charge on any atom is -0.491 e. The number of hydrogen-bond acceptors (Lipinski definition) is 6. The van der Waals surface area contributed by atoms with Gasteiger partial charge in [0, 0.05) is 51.6 Å². The third-order valence-electron chi connectivity index (χ3n) is 6.79. The molecule has 4 rings (SSSR count). The van der Waals surface area contributed by atoms with Crippen LogP contribution >= 0.6 is 0 Å². The van der Waals surface area contributed by atoms with Gasteiger partial charge in [0.05, 0.1) is 17.8 Å². The van der Waals surface area contributed by atoms with E-state index in [4.69, 9.17) is 9.72 Å². The number of aromatic nitrogens is 2. The maximum atomic E-state index is 13.6. The van der Waals surface area contributed by atoms with Crippen molar-refractivity contribution in [3.63, 3.8) is 0 Å². The first-order valence-corrected chi connectivity index (χ1v) is 12.1. The van der Waals surface area contributed by atoms with Crippen LogP contribution in [-0.4, -0.2) is 78.5 Å². The molecule has 0 radical (unpaired) electrons. The molecule has 0 spiro atoms. The molecular formula is C26H35N5O3. The molecule has 0 bridgehead atoms. The number of para-hydroxylation sites is 1. The monoisotopic (exact) mass is 465 g/mol. The van der Waals surface area contributed by atoms with Crippen molar-refractivity contribution in [1.29, 1.82) is 0 Å². The fourth-order valence-corrected chi connectivity index (χ4v) is 4.86. The summed E-state index contributed by atoms with van der Waals surface area (Å²) in [6.45, 7) is 7.10. The quantitative estimate of drug-likeness (QED) is 0.625. The van der Waals surface area contributed by atoms with Crippen LogP contribution in [0.25, 0.3) is 0 Å². The summed E-state index contributed by atoms with van der Waals surface area (Å²) < 4.78 is 5.99. The second kappa shape index (κ2) is 9.99. The molecule has 2 saturated heterocycles. The first-order chi connectivity index (χ1) is 16.3. The lowest BCUT2D eigenvalue weighted by Crippen LogP contribution is -2.47. The molecule has 8 nitrogen and oxygen atoms in total. The van der Waals surface area contributed by atoms with Gasteiger partial charge in [0.25, 0.3) is 5.91 Å². The van der Waals surface area contributed by atoms with Gasteiger partial charge in [0.15, 0.2) is 0 Å². The SMILES string of the molecule is Cc1nc(N(C)C)cc(C2(C)CCCN(C(=O)c3ccccc3OCCN3CCCC3=O)C2)n1. The second-order valence-corrected chi connectivity index (χ2v) is 9.77. The van der Waals surface area contributed by atoms with Crippen molar-refractivity contribution in [1.82, 2.24) is 19.8 Å². The normalized spacial score (nSPS) is 20.5. The standard InChI is InChI=1S/C26H35N5O3/c1-19-27-22(17-23(28-19)29(3)4)26(2)12-8-14-31(18-26)25(33)20-9-5-6-10-21(20)34-16-15-30-13-7-11-24(30)32/h5-6,9-10,17H,7-8,11-16,18H2,1-4H3. The van der Waals surface area contributed by atoms with Gasteiger partial charge in [-0.15, -0.1) is 0 Å². The summed E-state index contributed by atoms with van der Waals surface area (Å²) in [5.74, 6) is 2.33. The molecule has 1 aromatic carbocycles. The van der Waals surface area contributed by atoms with Gasteiger partial charge in [-0.1, -0.05) is 19.1 Å². The maximum Gasteiger partial charge on any atom is 0.257 e. The average molecular weight is 466 g/mol. The zero-order chi connectivity index (χ0) is 24.3. The molecule has 2 fully saturated rings. The fraction of sp³-hybridized carbons (Fsp3) is 0.538. The molecule has 3 heterocycles. The van der Waals surface area contributed by atoms with Gasteiger partial charge < -0.3 is 19.4 Å². The van der Waals surface area contributed by atoms with Crippen LogP contribution in [0.1, 0.15) is 54.5 Å². The highest BCUT2D eigenvalue weighted by Crippen LogP contribution is 2.35. The fourth-order valence-electron chi connectivity index (χ4n) is 4.86. The number of likely N-dealkylation sites (tertiary alicyclic amines) is 2. The van der Waals surface area contributed by atoms with E-state index in [1.807, 2.05) is 66.1 Å². The van der Waals surface area contributed by atoms with E-state index in [1.165, 1.54) is 0 Å². The minimum atomic E-state index is -0.252. The Morgan fingerprint density at radius 2 is 1.97 bits per heavy atom. The number of ether oxygens (including phenoxy) is 1. The molecule has 34 heavy (non-hydrogen) atoms. The predicted octanol–water partition coefficient (Wildman–Crippen LogP) is 3.05. The van der Waals surface area contributed by atoms with E-state index >= 15 is 0 Å². The highest BCUT2D eigenvalue weighted by atomic mass is 16.5. The van der Waals surface area contributed by atoms with Crippen molar-refractivity contribution in [3.05, 3.63) is 47.4 Å². The van der Waals surface area contributed by atoms with E-state index in [0.29, 0.717) is 44.0 Å². The highest BCUT2D eigenvalue weighted by Gasteiger charge is 2.37. The number of rotatable bonds is 7. The Balaban J connectivity index is 1.49. The van der Waals surface area contributed by atoms with Gasteiger partial charge in [-0.05, 0) is 38.3 Å². The smallest absolute Gasteiger partial charge is 0.257 e. The number of aryl methyl sites for hydroxylation is 1. The molecule has 2 aliphatic rings. The lowest BCUT2D eigenvalue weighted by atomic mass is 9.78. The summed E-state index contributed by atoms with van der Waals surface area (Å²) in [7, 11) is 3.95. The van der Waals surface area contributed by atoms with E-state index < -0.39 is 0 Å². The number of hydrogen-bond donors (Lipinski definition) is 0. The summed E-state index contributed by atoms with van der Waals surface area (Å²) in [6, 6.07) is 9.44. The Labute approximate surface area is 201 Å². The van der Waals surface area contributed by atoms with E-state index in [1.54, 1.807) is 0 Å². The van der Waals surface area contributed by atoms with Crippen LogP contribution in [0.15, 0.2) is 30.3 Å². The molecule has 2 amide bonds. The van der Waals surface area contributed by atoms with Crippen LogP contribution in [0.5, 0.6) is 5.75 Å². The Bertz CT molecular complexity index is 1060. The molecule has 2 aromatic rings. The van der Waals surface area contributed by atoms with Crippen LogP contribution in [-0.2, 0) is 10.2 Å². The van der Waals surface area contributed by atoms with E-state index in [2.05, 4.69) is 11.9 Å². The first-order valence-electron chi connectivity index (χ1n) is 12.1. The molecule has 0 saturated carbocycles. The lowest BCUT2D eigenvalue weighted by molar-refractivity contribution is -0.128. The highest BCUT2D eigenvalue weighted by molar-refractivity contribution is 5.97. The molecule has 1 aromatic heterocycles. The van der Waals surface area contributed by atoms with Crippen molar-refractivity contribution >= 4 is 17.6 Å². The average Bonchev–Trinajstić information content (AvgIpc) is 3.23. The third-order valence-corrected chi connectivity index (χ3v) is 6.79. The van der Waals surface area contributed by atoms with Crippen LogP contribution in [0.4, 0.5) is 5.82 Å². The van der Waals surface area contributed by atoms with Gasteiger partial charge in [0.2, 0.25) is 5.91 Å². The molecule has 1 unspecified atom stereocenters. The second-order valence-electron chi connectivity index (χ2n) is 9.77. The summed E-state index contributed by atoms with van der Waals surface area (Å²) in [6.07, 6.45) is 3.39. The lowest BCUT2D eigenvalue weighted by Gasteiger charge is -2.40. The number of piperidine rings is 1. The Hall–Kier alpha value is -3.16. The van der Waals surface area contributed by atoms with Gasteiger partial charge >= 0.3 is 0 Å². The zero-order valence-electron chi connectivity index (χ0n) is 20.7. The topological polar surface area (TPSA) is 78.9 Å². The van der Waals surface area contributed by atoms with Crippen LogP contribution in [0, 0.1) is 6.92 Å². The summed E-state index contributed by atoms with van der Waals surface area (Å²) in [4.78, 5) is 40.4. The van der Waals surface area contributed by atoms with Crippen molar-refractivity contribution < 1.29 is 14.3 Å². The van der Waals surface area contributed by atoms with E-state index in [9.17, 15) is 9.59 Å². The summed E-state index contributed by atoms with van der Waals surface area (Å²) >= 11 is 0. The number of carbonyl (C=O) groups excluding carboxylic acids is 2. The molecule has 182 valence electrons.